The van der Waals surface area contributed by atoms with Crippen molar-refractivity contribution in [3.05, 3.63) is 63.0 Å². The van der Waals surface area contributed by atoms with Crippen LogP contribution in [-0.2, 0) is 22.6 Å². The Morgan fingerprint density at radius 3 is 2.92 bits per heavy atom. The molecule has 2 aromatic heterocycles. The minimum Gasteiger partial charge on any atom is -0.504 e. The third-order valence-corrected chi connectivity index (χ3v) is 4.93. The lowest BCUT2D eigenvalue weighted by Crippen LogP contribution is -2.05. The first kappa shape index (κ1) is 18.6. The molecule has 2 heterocycles. The van der Waals surface area contributed by atoms with Crippen molar-refractivity contribution in [2.75, 3.05) is 7.11 Å². The first-order valence-electron chi connectivity index (χ1n) is 7.45. The second-order valence-electron chi connectivity index (χ2n) is 5.34. The molecule has 1 aromatic carbocycles. The monoisotopic (exact) mass is 412 g/mol. The summed E-state index contributed by atoms with van der Waals surface area (Å²) in [5, 5.41) is 12.1. The van der Waals surface area contributed by atoms with Crippen molar-refractivity contribution in [3.63, 3.8) is 0 Å². The second-order valence-corrected chi connectivity index (χ2v) is 7.02. The number of carbonyl (C=O) groups is 1. The van der Waals surface area contributed by atoms with Gasteiger partial charge in [0.1, 0.15) is 12.4 Å². The van der Waals surface area contributed by atoms with E-state index < -0.39 is 5.97 Å². The number of methoxy groups -OCH3 is 1. The third kappa shape index (κ3) is 4.12. The standard InChI is InChI=1S/C17H14Cl2N2O4S/c1-24-7-10(16(22)23)4-13-9-26-17-20-12(6-21(13)17)8-25-15-3-2-11(18)5-14(15)19/h2-3,5-7,9H,4,8H2,1H3,(H,22,23). The Balaban J connectivity index is 1.76. The summed E-state index contributed by atoms with van der Waals surface area (Å²) in [7, 11) is 1.42. The maximum atomic E-state index is 11.3. The number of hydrogen-bond acceptors (Lipinski definition) is 5. The fourth-order valence-corrected chi connectivity index (χ4v) is 3.68. The van der Waals surface area contributed by atoms with E-state index in [9.17, 15) is 9.90 Å². The van der Waals surface area contributed by atoms with Gasteiger partial charge in [-0.05, 0) is 18.2 Å². The topological polar surface area (TPSA) is 73.1 Å². The third-order valence-electron chi connectivity index (χ3n) is 3.51. The Kier molecular flexibility index (Phi) is 5.70. The van der Waals surface area contributed by atoms with E-state index in [2.05, 4.69) is 4.98 Å². The molecule has 3 rings (SSSR count). The van der Waals surface area contributed by atoms with Crippen LogP contribution in [0.5, 0.6) is 5.75 Å². The number of thiazole rings is 1. The van der Waals surface area contributed by atoms with E-state index in [1.54, 1.807) is 18.2 Å². The van der Waals surface area contributed by atoms with Crippen LogP contribution in [0.3, 0.4) is 0 Å². The molecule has 1 N–H and O–H groups in total. The summed E-state index contributed by atoms with van der Waals surface area (Å²) in [4.78, 5) is 16.5. The predicted octanol–water partition coefficient (Wildman–Crippen LogP) is 4.44. The van der Waals surface area contributed by atoms with E-state index in [0.29, 0.717) is 21.5 Å². The molecule has 0 spiro atoms. The highest BCUT2D eigenvalue weighted by molar-refractivity contribution is 7.15. The van der Waals surface area contributed by atoms with Gasteiger partial charge < -0.3 is 14.6 Å². The average molecular weight is 413 g/mol. The van der Waals surface area contributed by atoms with Crippen LogP contribution in [0.4, 0.5) is 0 Å². The van der Waals surface area contributed by atoms with Crippen LogP contribution in [0.1, 0.15) is 11.4 Å². The number of aliphatic carboxylic acids is 1. The molecular formula is C17H14Cl2N2O4S. The number of halogens is 2. The number of carboxylic acids is 1. The SMILES string of the molecule is COC=C(Cc1csc2nc(COc3ccc(Cl)cc3Cl)cn12)C(=O)O. The molecule has 0 aliphatic heterocycles. The van der Waals surface area contributed by atoms with Gasteiger partial charge in [0.05, 0.1) is 29.7 Å². The fourth-order valence-electron chi connectivity index (χ4n) is 2.32. The van der Waals surface area contributed by atoms with E-state index in [0.717, 1.165) is 10.7 Å². The summed E-state index contributed by atoms with van der Waals surface area (Å²) in [6, 6.07) is 5.00. The molecule has 0 atom stereocenters. The van der Waals surface area contributed by atoms with E-state index in [1.807, 2.05) is 16.0 Å². The zero-order valence-electron chi connectivity index (χ0n) is 13.6. The Labute approximate surface area is 163 Å². The summed E-state index contributed by atoms with van der Waals surface area (Å²) in [5.74, 6) is -0.504. The van der Waals surface area contributed by atoms with E-state index in [-0.39, 0.29) is 18.6 Å². The van der Waals surface area contributed by atoms with Crippen LogP contribution in [0, 0.1) is 0 Å². The van der Waals surface area contributed by atoms with Crippen molar-refractivity contribution in [2.45, 2.75) is 13.0 Å². The average Bonchev–Trinajstić information content (AvgIpc) is 3.15. The molecule has 0 saturated carbocycles. The van der Waals surface area contributed by atoms with E-state index in [1.165, 1.54) is 24.7 Å². The normalized spacial score (nSPS) is 11.7. The summed E-state index contributed by atoms with van der Waals surface area (Å²) >= 11 is 13.4. The summed E-state index contributed by atoms with van der Waals surface area (Å²) < 4.78 is 12.4. The zero-order valence-corrected chi connectivity index (χ0v) is 15.9. The van der Waals surface area contributed by atoms with Gasteiger partial charge >= 0.3 is 5.97 Å². The summed E-state index contributed by atoms with van der Waals surface area (Å²) in [5.41, 5.74) is 1.67. The predicted molar refractivity (Wildman–Crippen MR) is 100 cm³/mol. The van der Waals surface area contributed by atoms with Gasteiger partial charge in [0.15, 0.2) is 4.96 Å². The van der Waals surface area contributed by atoms with E-state index >= 15 is 0 Å². The first-order valence-corrected chi connectivity index (χ1v) is 9.09. The van der Waals surface area contributed by atoms with Crippen LogP contribution < -0.4 is 4.74 Å². The van der Waals surface area contributed by atoms with Gasteiger partial charge in [-0.1, -0.05) is 23.2 Å². The number of fused-ring (bicyclic) bond motifs is 1. The van der Waals surface area contributed by atoms with Gasteiger partial charge in [-0.3, -0.25) is 4.40 Å². The largest absolute Gasteiger partial charge is 0.504 e. The molecule has 0 amide bonds. The van der Waals surface area contributed by atoms with Crippen LogP contribution in [0.25, 0.3) is 4.96 Å². The highest BCUT2D eigenvalue weighted by atomic mass is 35.5. The molecule has 0 fully saturated rings. The molecule has 26 heavy (non-hydrogen) atoms. The van der Waals surface area contributed by atoms with Crippen molar-refractivity contribution in [1.82, 2.24) is 9.38 Å². The quantitative estimate of drug-likeness (QED) is 0.458. The molecule has 0 bridgehead atoms. The molecule has 136 valence electrons. The molecule has 0 aliphatic carbocycles. The lowest BCUT2D eigenvalue weighted by Gasteiger charge is -2.06. The fraction of sp³-hybridized carbons (Fsp3) is 0.176. The van der Waals surface area contributed by atoms with Crippen LogP contribution >= 0.6 is 34.5 Å². The smallest absolute Gasteiger partial charge is 0.335 e. The minimum absolute atomic E-state index is 0.159. The molecule has 6 nitrogen and oxygen atoms in total. The van der Waals surface area contributed by atoms with Crippen molar-refractivity contribution < 1.29 is 19.4 Å². The van der Waals surface area contributed by atoms with Crippen molar-refractivity contribution in [1.29, 1.82) is 0 Å². The van der Waals surface area contributed by atoms with E-state index in [4.69, 9.17) is 32.7 Å². The lowest BCUT2D eigenvalue weighted by atomic mass is 10.2. The van der Waals surface area contributed by atoms with Crippen molar-refractivity contribution in [3.8, 4) is 5.75 Å². The van der Waals surface area contributed by atoms with Gasteiger partial charge in [-0.2, -0.15) is 0 Å². The number of carboxylic acid groups (broad SMARTS) is 1. The van der Waals surface area contributed by atoms with Gasteiger partial charge in [0.25, 0.3) is 0 Å². The number of benzene rings is 1. The minimum atomic E-state index is -1.02. The van der Waals surface area contributed by atoms with Gasteiger partial charge in [0.2, 0.25) is 0 Å². The Morgan fingerprint density at radius 1 is 1.42 bits per heavy atom. The van der Waals surface area contributed by atoms with Gasteiger partial charge in [-0.15, -0.1) is 11.3 Å². The highest BCUT2D eigenvalue weighted by Crippen LogP contribution is 2.28. The Bertz CT molecular complexity index is 980. The molecule has 0 aliphatic rings. The summed E-state index contributed by atoms with van der Waals surface area (Å²) in [6.07, 6.45) is 3.27. The van der Waals surface area contributed by atoms with Crippen molar-refractivity contribution in [2.24, 2.45) is 0 Å². The maximum Gasteiger partial charge on any atom is 0.335 e. The van der Waals surface area contributed by atoms with Gasteiger partial charge in [0, 0.05) is 28.7 Å². The number of aromatic nitrogens is 2. The Hall–Kier alpha value is -2.22. The molecule has 3 aromatic rings. The molecular weight excluding hydrogens is 399 g/mol. The Morgan fingerprint density at radius 2 is 2.23 bits per heavy atom. The molecule has 0 saturated heterocycles. The highest BCUT2D eigenvalue weighted by Gasteiger charge is 2.14. The molecule has 0 unspecified atom stereocenters. The zero-order chi connectivity index (χ0) is 18.7. The van der Waals surface area contributed by atoms with Crippen molar-refractivity contribution >= 4 is 45.5 Å². The van der Waals surface area contributed by atoms with Crippen LogP contribution in [0.2, 0.25) is 10.0 Å². The number of rotatable bonds is 7. The summed E-state index contributed by atoms with van der Waals surface area (Å²) in [6.45, 7) is 0.231. The number of imidazole rings is 1. The molecule has 0 radical (unpaired) electrons. The van der Waals surface area contributed by atoms with Crippen LogP contribution in [-0.4, -0.2) is 27.6 Å². The number of ether oxygens (including phenoxy) is 2. The number of nitrogens with zero attached hydrogens (tertiary/aromatic N) is 2. The van der Waals surface area contributed by atoms with Gasteiger partial charge in [-0.25, -0.2) is 9.78 Å². The lowest BCUT2D eigenvalue weighted by molar-refractivity contribution is -0.132. The first-order chi connectivity index (χ1) is 12.5. The molecule has 9 heteroatoms. The van der Waals surface area contributed by atoms with Crippen LogP contribution in [0.15, 0.2) is 41.6 Å². The second kappa shape index (κ2) is 7.99. The maximum absolute atomic E-state index is 11.3. The number of hydrogen-bond donors (Lipinski definition) is 1.